The van der Waals surface area contributed by atoms with Gasteiger partial charge in [-0.3, -0.25) is 4.79 Å². The fourth-order valence-corrected chi connectivity index (χ4v) is 4.30. The van der Waals surface area contributed by atoms with Crippen molar-refractivity contribution in [3.8, 4) is 0 Å². The molecule has 2 atom stereocenters. The van der Waals surface area contributed by atoms with E-state index in [9.17, 15) is 4.79 Å². The van der Waals surface area contributed by atoms with Gasteiger partial charge in [-0.25, -0.2) is 0 Å². The van der Waals surface area contributed by atoms with Crippen molar-refractivity contribution in [2.24, 2.45) is 5.92 Å². The molecule has 3 rings (SSSR count). The van der Waals surface area contributed by atoms with Gasteiger partial charge in [0.05, 0.1) is 5.75 Å². The number of anilines is 1. The second-order valence-corrected chi connectivity index (χ2v) is 6.70. The van der Waals surface area contributed by atoms with Crippen LogP contribution in [0, 0.1) is 5.92 Å². The number of rotatable bonds is 4. The zero-order chi connectivity index (χ0) is 11.8. The van der Waals surface area contributed by atoms with E-state index in [0.29, 0.717) is 6.04 Å². The van der Waals surface area contributed by atoms with E-state index in [1.54, 1.807) is 0 Å². The molecule has 1 N–H and O–H groups in total. The van der Waals surface area contributed by atoms with E-state index in [-0.39, 0.29) is 5.75 Å². The van der Waals surface area contributed by atoms with Gasteiger partial charge in [0.15, 0.2) is 4.34 Å². The van der Waals surface area contributed by atoms with Crippen LogP contribution < -0.4 is 4.90 Å². The van der Waals surface area contributed by atoms with Gasteiger partial charge in [0.2, 0.25) is 5.13 Å². The lowest BCUT2D eigenvalue weighted by Crippen LogP contribution is -2.31. The molecule has 0 radical (unpaired) electrons. The molecule has 1 saturated carbocycles. The molecular formula is C10H13N3O2S2. The van der Waals surface area contributed by atoms with E-state index < -0.39 is 5.97 Å². The molecule has 1 aliphatic carbocycles. The van der Waals surface area contributed by atoms with Crippen LogP contribution in [0.4, 0.5) is 5.13 Å². The quantitative estimate of drug-likeness (QED) is 0.841. The summed E-state index contributed by atoms with van der Waals surface area (Å²) in [5.74, 6) is 0.0757. The Morgan fingerprint density at radius 2 is 2.41 bits per heavy atom. The van der Waals surface area contributed by atoms with Gasteiger partial charge in [-0.1, -0.05) is 23.1 Å². The molecule has 2 bridgehead atoms. The van der Waals surface area contributed by atoms with Gasteiger partial charge in [0.1, 0.15) is 0 Å². The van der Waals surface area contributed by atoms with Crippen LogP contribution in [0.15, 0.2) is 4.34 Å². The second-order valence-electron chi connectivity index (χ2n) is 4.52. The number of hydrogen-bond donors (Lipinski definition) is 1. The van der Waals surface area contributed by atoms with Crippen LogP contribution in [-0.2, 0) is 4.79 Å². The van der Waals surface area contributed by atoms with Crippen LogP contribution in [0.25, 0.3) is 0 Å². The largest absolute Gasteiger partial charge is 0.481 e. The van der Waals surface area contributed by atoms with Gasteiger partial charge in [-0.15, -0.1) is 10.2 Å². The van der Waals surface area contributed by atoms with Gasteiger partial charge >= 0.3 is 5.97 Å². The number of aromatic nitrogens is 2. The molecule has 92 valence electrons. The number of carboxylic acids is 1. The molecule has 1 aromatic rings. The standard InChI is InChI=1S/C10H13N3O2S2/c14-8(15)5-16-10-12-11-9(17-10)13-4-6-1-2-7(13)3-6/h6-7H,1-5H2,(H,14,15). The number of hydrogen-bond acceptors (Lipinski definition) is 6. The third-order valence-corrected chi connectivity index (χ3v) is 5.45. The minimum absolute atomic E-state index is 0.0562. The van der Waals surface area contributed by atoms with Crippen LogP contribution in [0.5, 0.6) is 0 Å². The van der Waals surface area contributed by atoms with Gasteiger partial charge in [-0.05, 0) is 25.2 Å². The van der Waals surface area contributed by atoms with Gasteiger partial charge in [-0.2, -0.15) is 0 Å². The first-order valence-corrected chi connectivity index (χ1v) is 7.47. The summed E-state index contributed by atoms with van der Waals surface area (Å²) in [6.45, 7) is 1.10. The highest BCUT2D eigenvalue weighted by molar-refractivity contribution is 8.01. The highest BCUT2D eigenvalue weighted by Crippen LogP contribution is 2.41. The maximum atomic E-state index is 10.5. The lowest BCUT2D eigenvalue weighted by Gasteiger charge is -2.25. The number of thioether (sulfide) groups is 1. The topological polar surface area (TPSA) is 66.3 Å². The summed E-state index contributed by atoms with van der Waals surface area (Å²) in [6, 6.07) is 0.644. The fourth-order valence-electron chi connectivity index (χ4n) is 2.66. The average molecular weight is 271 g/mol. The molecular weight excluding hydrogens is 258 g/mol. The number of piperidine rings is 1. The summed E-state index contributed by atoms with van der Waals surface area (Å²) in [4.78, 5) is 12.8. The Balaban J connectivity index is 1.66. The molecule has 2 heterocycles. The van der Waals surface area contributed by atoms with Crippen LogP contribution >= 0.6 is 23.1 Å². The smallest absolute Gasteiger partial charge is 0.313 e. The zero-order valence-electron chi connectivity index (χ0n) is 9.20. The Bertz CT molecular complexity index is 437. The van der Waals surface area contributed by atoms with Crippen molar-refractivity contribution in [2.45, 2.75) is 29.6 Å². The normalized spacial score (nSPS) is 26.7. The van der Waals surface area contributed by atoms with E-state index in [0.717, 1.165) is 21.9 Å². The lowest BCUT2D eigenvalue weighted by molar-refractivity contribution is -0.133. The maximum absolute atomic E-state index is 10.5. The van der Waals surface area contributed by atoms with Crippen molar-refractivity contribution < 1.29 is 9.90 Å². The summed E-state index contributed by atoms with van der Waals surface area (Å²) >= 11 is 2.76. The van der Waals surface area contributed by atoms with Gasteiger partial charge in [0.25, 0.3) is 0 Å². The van der Waals surface area contributed by atoms with E-state index in [2.05, 4.69) is 15.1 Å². The van der Waals surface area contributed by atoms with Crippen molar-refractivity contribution in [3.05, 3.63) is 0 Å². The molecule has 0 amide bonds. The van der Waals surface area contributed by atoms with E-state index in [1.807, 2.05) is 0 Å². The molecule has 2 aliphatic rings. The second kappa shape index (κ2) is 4.45. The minimum Gasteiger partial charge on any atom is -0.481 e. The summed E-state index contributed by atoms with van der Waals surface area (Å²) in [5, 5.41) is 17.8. The fraction of sp³-hybridized carbons (Fsp3) is 0.700. The summed E-state index contributed by atoms with van der Waals surface area (Å²) in [7, 11) is 0. The third-order valence-electron chi connectivity index (χ3n) is 3.37. The Labute approximate surface area is 107 Å². The average Bonchev–Trinajstić information content (AvgIpc) is 3.01. The Hall–Kier alpha value is -0.820. The first-order chi connectivity index (χ1) is 8.22. The monoisotopic (exact) mass is 271 g/mol. The number of carbonyl (C=O) groups is 1. The SMILES string of the molecule is O=C(O)CSc1nnc(N2CC3CCC2C3)s1. The minimum atomic E-state index is -0.813. The molecule has 5 nitrogen and oxygen atoms in total. The van der Waals surface area contributed by atoms with Gasteiger partial charge in [0, 0.05) is 12.6 Å². The van der Waals surface area contributed by atoms with Gasteiger partial charge < -0.3 is 10.0 Å². The molecule has 7 heteroatoms. The number of aliphatic carboxylic acids is 1. The van der Waals surface area contributed by atoms with Crippen LogP contribution in [0.3, 0.4) is 0 Å². The molecule has 2 fully saturated rings. The molecule has 0 spiro atoms. The first kappa shape index (κ1) is 11.3. The number of fused-ring (bicyclic) bond motifs is 2. The summed E-state index contributed by atoms with van der Waals surface area (Å²) < 4.78 is 0.755. The predicted molar refractivity (Wildman–Crippen MR) is 66.7 cm³/mol. The summed E-state index contributed by atoms with van der Waals surface area (Å²) in [6.07, 6.45) is 3.90. The van der Waals surface area contributed by atoms with Crippen molar-refractivity contribution in [2.75, 3.05) is 17.2 Å². The Morgan fingerprint density at radius 3 is 3.06 bits per heavy atom. The molecule has 1 aromatic heterocycles. The zero-order valence-corrected chi connectivity index (χ0v) is 10.8. The Morgan fingerprint density at radius 1 is 1.53 bits per heavy atom. The molecule has 1 saturated heterocycles. The predicted octanol–water partition coefficient (Wildman–Crippen LogP) is 1.70. The lowest BCUT2D eigenvalue weighted by atomic mass is 10.1. The Kier molecular flexibility index (Phi) is 2.96. The van der Waals surface area contributed by atoms with E-state index in [4.69, 9.17) is 5.11 Å². The van der Waals surface area contributed by atoms with Crippen LogP contribution in [0.2, 0.25) is 0 Å². The van der Waals surface area contributed by atoms with Crippen LogP contribution in [0.1, 0.15) is 19.3 Å². The van der Waals surface area contributed by atoms with E-state index in [1.165, 1.54) is 42.4 Å². The number of carboxylic acid groups (broad SMARTS) is 1. The van der Waals surface area contributed by atoms with Crippen molar-refractivity contribution in [1.82, 2.24) is 10.2 Å². The highest BCUT2D eigenvalue weighted by Gasteiger charge is 2.39. The molecule has 0 aromatic carbocycles. The van der Waals surface area contributed by atoms with Crippen molar-refractivity contribution in [1.29, 1.82) is 0 Å². The van der Waals surface area contributed by atoms with Crippen molar-refractivity contribution >= 4 is 34.2 Å². The maximum Gasteiger partial charge on any atom is 0.313 e. The van der Waals surface area contributed by atoms with Crippen LogP contribution in [-0.4, -0.2) is 39.6 Å². The molecule has 17 heavy (non-hydrogen) atoms. The first-order valence-electron chi connectivity index (χ1n) is 5.67. The third kappa shape index (κ3) is 2.26. The van der Waals surface area contributed by atoms with E-state index >= 15 is 0 Å². The van der Waals surface area contributed by atoms with Crippen molar-refractivity contribution in [3.63, 3.8) is 0 Å². The number of nitrogens with zero attached hydrogens (tertiary/aromatic N) is 3. The molecule has 1 aliphatic heterocycles. The summed E-state index contributed by atoms with van der Waals surface area (Å²) in [5.41, 5.74) is 0. The molecule has 2 unspecified atom stereocenters. The highest BCUT2D eigenvalue weighted by atomic mass is 32.2.